The smallest absolute Gasteiger partial charge is 0.340 e. The van der Waals surface area contributed by atoms with Crippen LogP contribution < -0.4 is 4.90 Å². The number of esters is 1. The number of ether oxygens (including phenoxy) is 1. The fourth-order valence-corrected chi connectivity index (χ4v) is 1.98. The van der Waals surface area contributed by atoms with Crippen LogP contribution in [0.25, 0.3) is 0 Å². The Morgan fingerprint density at radius 3 is 2.88 bits per heavy atom. The molecule has 2 heterocycles. The summed E-state index contributed by atoms with van der Waals surface area (Å²) in [4.78, 5) is 17.7. The Hall–Kier alpha value is -1.58. The van der Waals surface area contributed by atoms with E-state index in [1.165, 1.54) is 13.5 Å². The van der Waals surface area contributed by atoms with Crippen molar-refractivity contribution in [3.8, 4) is 0 Å². The van der Waals surface area contributed by atoms with Gasteiger partial charge in [0.2, 0.25) is 0 Å². The first-order valence-electron chi connectivity index (χ1n) is 5.53. The summed E-state index contributed by atoms with van der Waals surface area (Å²) in [6.07, 6.45) is 8.03. The molecule has 1 aliphatic rings. The molecule has 0 unspecified atom stereocenters. The van der Waals surface area contributed by atoms with E-state index in [1.807, 2.05) is 0 Å². The number of hydrogen-bond acceptors (Lipinski definition) is 4. The predicted octanol–water partition coefficient (Wildman–Crippen LogP) is 1.66. The zero-order valence-electron chi connectivity index (χ0n) is 9.40. The molecule has 0 N–H and O–H groups in total. The topological polar surface area (TPSA) is 42.4 Å². The molecular formula is C12H15N2O2. The molecule has 0 bridgehead atoms. The van der Waals surface area contributed by atoms with E-state index in [9.17, 15) is 4.79 Å². The Bertz CT molecular complexity index is 373. The third-order valence-electron chi connectivity index (χ3n) is 2.82. The predicted molar refractivity (Wildman–Crippen MR) is 60.5 cm³/mol. The van der Waals surface area contributed by atoms with Crippen LogP contribution in [0.15, 0.2) is 12.3 Å². The number of hydrogen-bond donors (Lipinski definition) is 0. The fraction of sp³-hybridized carbons (Fsp3) is 0.500. The second-order valence-corrected chi connectivity index (χ2v) is 3.86. The number of pyridine rings is 1. The van der Waals surface area contributed by atoms with E-state index < -0.39 is 0 Å². The van der Waals surface area contributed by atoms with Gasteiger partial charge >= 0.3 is 5.97 Å². The Morgan fingerprint density at radius 1 is 1.44 bits per heavy atom. The number of carbonyl (C=O) groups is 1. The molecule has 4 heteroatoms. The van der Waals surface area contributed by atoms with Gasteiger partial charge in [-0.3, -0.25) is 4.98 Å². The van der Waals surface area contributed by atoms with E-state index in [0.717, 1.165) is 31.6 Å². The maximum atomic E-state index is 11.6. The maximum absolute atomic E-state index is 11.6. The van der Waals surface area contributed by atoms with Crippen LogP contribution in [0.2, 0.25) is 0 Å². The van der Waals surface area contributed by atoms with Gasteiger partial charge < -0.3 is 9.64 Å². The second kappa shape index (κ2) is 4.96. The molecule has 85 valence electrons. The highest BCUT2D eigenvalue weighted by Gasteiger charge is 2.19. The number of aromatic nitrogens is 1. The average molecular weight is 219 g/mol. The minimum absolute atomic E-state index is 0.320. The SMILES string of the molecule is COC(=O)c1ccn[c]c1N1CCCCC1. The van der Waals surface area contributed by atoms with E-state index >= 15 is 0 Å². The molecule has 0 saturated carbocycles. The largest absolute Gasteiger partial charge is 0.465 e. The number of anilines is 1. The molecule has 1 radical (unpaired) electrons. The quantitative estimate of drug-likeness (QED) is 0.709. The van der Waals surface area contributed by atoms with Gasteiger partial charge in [-0.25, -0.2) is 4.79 Å². The van der Waals surface area contributed by atoms with Gasteiger partial charge in [-0.1, -0.05) is 0 Å². The highest BCUT2D eigenvalue weighted by Crippen LogP contribution is 2.23. The number of rotatable bonds is 2. The fourth-order valence-electron chi connectivity index (χ4n) is 1.98. The zero-order chi connectivity index (χ0) is 11.4. The summed E-state index contributed by atoms with van der Waals surface area (Å²) in [6, 6.07) is 1.69. The first-order chi connectivity index (χ1) is 7.83. The highest BCUT2D eigenvalue weighted by molar-refractivity contribution is 5.95. The summed E-state index contributed by atoms with van der Waals surface area (Å²) in [5, 5.41) is 0. The molecule has 1 aliphatic heterocycles. The lowest BCUT2D eigenvalue weighted by molar-refractivity contribution is 0.0601. The summed E-state index contributed by atoms with van der Waals surface area (Å²) in [5.74, 6) is -0.320. The minimum atomic E-state index is -0.320. The van der Waals surface area contributed by atoms with Gasteiger partial charge in [0.15, 0.2) is 0 Å². The lowest BCUT2D eigenvalue weighted by atomic mass is 10.1. The van der Waals surface area contributed by atoms with Crippen LogP contribution in [0.1, 0.15) is 29.6 Å². The lowest BCUT2D eigenvalue weighted by Gasteiger charge is -2.29. The van der Waals surface area contributed by atoms with Crippen molar-refractivity contribution >= 4 is 11.7 Å². The minimum Gasteiger partial charge on any atom is -0.465 e. The van der Waals surface area contributed by atoms with Gasteiger partial charge in [-0.2, -0.15) is 0 Å². The van der Waals surface area contributed by atoms with Gasteiger partial charge in [-0.05, 0) is 25.3 Å². The molecule has 2 rings (SSSR count). The van der Waals surface area contributed by atoms with Crippen molar-refractivity contribution in [1.82, 2.24) is 4.98 Å². The summed E-state index contributed by atoms with van der Waals surface area (Å²) in [5.41, 5.74) is 1.33. The molecule has 0 amide bonds. The number of carbonyl (C=O) groups excluding carboxylic acids is 1. The maximum Gasteiger partial charge on any atom is 0.340 e. The second-order valence-electron chi connectivity index (χ2n) is 3.86. The third-order valence-corrected chi connectivity index (χ3v) is 2.82. The molecule has 0 aliphatic carbocycles. The standard InChI is InChI=1S/C12H15N2O2/c1-16-12(15)10-5-6-13-9-11(10)14-7-3-2-4-8-14/h5-6H,2-4,7-8H2,1H3. The number of nitrogens with zero attached hydrogens (tertiary/aromatic N) is 2. The monoisotopic (exact) mass is 219 g/mol. The third kappa shape index (κ3) is 2.15. The first kappa shape index (κ1) is 10.9. The van der Waals surface area contributed by atoms with Crippen LogP contribution in [-0.4, -0.2) is 31.2 Å². The van der Waals surface area contributed by atoms with Gasteiger partial charge in [-0.15, -0.1) is 0 Å². The first-order valence-corrected chi connectivity index (χ1v) is 5.53. The summed E-state index contributed by atoms with van der Waals surface area (Å²) < 4.78 is 4.75. The van der Waals surface area contributed by atoms with Gasteiger partial charge in [0.05, 0.1) is 18.4 Å². The van der Waals surface area contributed by atoms with Crippen molar-refractivity contribution in [2.75, 3.05) is 25.1 Å². The van der Waals surface area contributed by atoms with Crippen molar-refractivity contribution in [2.45, 2.75) is 19.3 Å². The normalized spacial score (nSPS) is 15.9. The Kier molecular flexibility index (Phi) is 3.39. The van der Waals surface area contributed by atoms with E-state index in [-0.39, 0.29) is 5.97 Å². The van der Waals surface area contributed by atoms with Crippen LogP contribution >= 0.6 is 0 Å². The molecular weight excluding hydrogens is 204 g/mol. The molecule has 4 nitrogen and oxygen atoms in total. The van der Waals surface area contributed by atoms with E-state index in [1.54, 1.807) is 12.3 Å². The van der Waals surface area contributed by atoms with Crippen LogP contribution in [-0.2, 0) is 4.74 Å². The molecule has 1 fully saturated rings. The lowest BCUT2D eigenvalue weighted by Crippen LogP contribution is -2.31. The molecule has 0 aromatic carbocycles. The summed E-state index contributed by atoms with van der Waals surface area (Å²) in [6.45, 7) is 1.93. The van der Waals surface area contributed by atoms with E-state index in [4.69, 9.17) is 4.74 Å². The Morgan fingerprint density at radius 2 is 2.19 bits per heavy atom. The average Bonchev–Trinajstić information content (AvgIpc) is 2.39. The summed E-state index contributed by atoms with van der Waals surface area (Å²) in [7, 11) is 1.39. The van der Waals surface area contributed by atoms with Crippen molar-refractivity contribution in [1.29, 1.82) is 0 Å². The van der Waals surface area contributed by atoms with E-state index in [0.29, 0.717) is 5.56 Å². The molecule has 0 spiro atoms. The van der Waals surface area contributed by atoms with Crippen molar-refractivity contribution in [3.05, 3.63) is 24.0 Å². The van der Waals surface area contributed by atoms with Crippen LogP contribution in [0, 0.1) is 6.20 Å². The highest BCUT2D eigenvalue weighted by atomic mass is 16.5. The number of piperidine rings is 1. The van der Waals surface area contributed by atoms with Crippen molar-refractivity contribution in [2.24, 2.45) is 0 Å². The van der Waals surface area contributed by atoms with Crippen molar-refractivity contribution in [3.63, 3.8) is 0 Å². The Labute approximate surface area is 95.2 Å². The van der Waals surface area contributed by atoms with Crippen LogP contribution in [0.5, 0.6) is 0 Å². The molecule has 0 atom stereocenters. The van der Waals surface area contributed by atoms with Gasteiger partial charge in [0.1, 0.15) is 6.20 Å². The van der Waals surface area contributed by atoms with Crippen LogP contribution in [0.4, 0.5) is 5.69 Å². The zero-order valence-corrected chi connectivity index (χ0v) is 9.40. The van der Waals surface area contributed by atoms with Gasteiger partial charge in [0.25, 0.3) is 0 Å². The van der Waals surface area contributed by atoms with Crippen molar-refractivity contribution < 1.29 is 9.53 Å². The van der Waals surface area contributed by atoms with Gasteiger partial charge in [0, 0.05) is 19.3 Å². The molecule has 1 aromatic rings. The molecule has 16 heavy (non-hydrogen) atoms. The molecule has 1 saturated heterocycles. The summed E-state index contributed by atoms with van der Waals surface area (Å²) >= 11 is 0. The Balaban J connectivity index is 2.28. The molecule has 1 aromatic heterocycles. The number of methoxy groups -OCH3 is 1. The van der Waals surface area contributed by atoms with Crippen LogP contribution in [0.3, 0.4) is 0 Å². The van der Waals surface area contributed by atoms with E-state index in [2.05, 4.69) is 16.1 Å².